The number of guanidine groups is 1. The molecule has 0 aromatic heterocycles. The van der Waals surface area contributed by atoms with Crippen LogP contribution < -0.4 is 0 Å². The molecule has 33 heavy (non-hydrogen) atoms. The van der Waals surface area contributed by atoms with Crippen LogP contribution in [0, 0.1) is 0 Å². The maximum atomic E-state index is 13.3. The fourth-order valence-corrected chi connectivity index (χ4v) is 3.06. The number of amides is 4. The maximum absolute atomic E-state index is 13.3. The summed E-state index contributed by atoms with van der Waals surface area (Å²) in [5, 5.41) is 0. The molecule has 10 heteroatoms. The number of carbonyl (C=O) groups excluding carboxylic acids is 3. The molecule has 1 aromatic carbocycles. The van der Waals surface area contributed by atoms with Crippen molar-refractivity contribution in [1.29, 1.82) is 0 Å². The van der Waals surface area contributed by atoms with E-state index in [1.54, 1.807) is 60.5 Å². The molecule has 1 saturated heterocycles. The average molecular weight is 462 g/mol. The van der Waals surface area contributed by atoms with E-state index in [1.165, 1.54) is 14.7 Å². The molecule has 4 amide bonds. The van der Waals surface area contributed by atoms with Gasteiger partial charge in [-0.2, -0.15) is 0 Å². The highest BCUT2D eigenvalue weighted by molar-refractivity contribution is 5.99. The van der Waals surface area contributed by atoms with Crippen LogP contribution >= 0.6 is 0 Å². The van der Waals surface area contributed by atoms with Gasteiger partial charge in [-0.25, -0.2) is 19.3 Å². The van der Waals surface area contributed by atoms with Gasteiger partial charge in [0.2, 0.25) is 5.96 Å². The summed E-state index contributed by atoms with van der Waals surface area (Å²) in [5.74, 6) is 0.0357. The first-order valence-electron chi connectivity index (χ1n) is 10.7. The van der Waals surface area contributed by atoms with Crippen LogP contribution in [0.25, 0.3) is 0 Å². The molecule has 0 atom stereocenters. The van der Waals surface area contributed by atoms with Gasteiger partial charge in [0.1, 0.15) is 11.2 Å². The molecule has 1 fully saturated rings. The van der Waals surface area contributed by atoms with Gasteiger partial charge in [0.15, 0.2) is 0 Å². The molecular weight excluding hydrogens is 426 g/mol. The minimum atomic E-state index is -0.846. The predicted octanol–water partition coefficient (Wildman–Crippen LogP) is 3.93. The van der Waals surface area contributed by atoms with Crippen molar-refractivity contribution in [2.75, 3.05) is 27.4 Å². The SMILES string of the molecule is CN1CN(C(=NC(=O)OC(C)(C)C)N(Cc2ccccc2)C(=O)OC(C)(C)C)CN(C)C1=O. The standard InChI is InChI=1S/C23H35N5O5/c1-22(2,3)32-19(29)24-18(27-15-25(7)20(30)26(8)16-27)28(21(31)33-23(4,5)6)14-17-12-10-9-11-13-17/h9-13H,14-16H2,1-8H3. The van der Waals surface area contributed by atoms with Crippen LogP contribution in [-0.2, 0) is 16.0 Å². The van der Waals surface area contributed by atoms with Gasteiger partial charge in [0.25, 0.3) is 0 Å². The van der Waals surface area contributed by atoms with Crippen molar-refractivity contribution in [2.45, 2.75) is 59.3 Å². The average Bonchev–Trinajstić information content (AvgIpc) is 2.66. The van der Waals surface area contributed by atoms with Gasteiger partial charge in [-0.05, 0) is 47.1 Å². The lowest BCUT2D eigenvalue weighted by Gasteiger charge is -2.42. The van der Waals surface area contributed by atoms with Gasteiger partial charge in [-0.15, -0.1) is 4.99 Å². The van der Waals surface area contributed by atoms with E-state index in [9.17, 15) is 14.4 Å². The zero-order valence-electron chi connectivity index (χ0n) is 20.8. The van der Waals surface area contributed by atoms with Crippen molar-refractivity contribution in [3.05, 3.63) is 35.9 Å². The Morgan fingerprint density at radius 1 is 0.939 bits per heavy atom. The van der Waals surface area contributed by atoms with E-state index in [0.717, 1.165) is 5.56 Å². The Balaban J connectivity index is 2.53. The highest BCUT2D eigenvalue weighted by Gasteiger charge is 2.35. The molecule has 0 saturated carbocycles. The van der Waals surface area contributed by atoms with Gasteiger partial charge < -0.3 is 24.2 Å². The van der Waals surface area contributed by atoms with E-state index in [2.05, 4.69) is 4.99 Å². The Morgan fingerprint density at radius 2 is 1.45 bits per heavy atom. The highest BCUT2D eigenvalue weighted by Crippen LogP contribution is 2.18. The fourth-order valence-electron chi connectivity index (χ4n) is 3.06. The number of hydrogen-bond donors (Lipinski definition) is 0. The molecule has 182 valence electrons. The van der Waals surface area contributed by atoms with E-state index in [0.29, 0.717) is 0 Å². The molecule has 0 unspecified atom stereocenters. The van der Waals surface area contributed by atoms with Crippen LogP contribution in [0.5, 0.6) is 0 Å². The molecule has 0 aliphatic carbocycles. The minimum absolute atomic E-state index is 0.0357. The Labute approximate surface area is 195 Å². The summed E-state index contributed by atoms with van der Waals surface area (Å²) in [6.45, 7) is 10.8. The highest BCUT2D eigenvalue weighted by atomic mass is 16.6. The van der Waals surface area contributed by atoms with Crippen LogP contribution in [0.15, 0.2) is 35.3 Å². The number of rotatable bonds is 2. The quantitative estimate of drug-likeness (QED) is 0.489. The van der Waals surface area contributed by atoms with Crippen molar-refractivity contribution < 1.29 is 23.9 Å². The minimum Gasteiger partial charge on any atom is -0.443 e. The molecular formula is C23H35N5O5. The molecule has 1 heterocycles. The lowest BCUT2D eigenvalue weighted by atomic mass is 10.2. The molecule has 2 rings (SSSR count). The number of hydrogen-bond acceptors (Lipinski definition) is 5. The fraction of sp³-hybridized carbons (Fsp3) is 0.565. The summed E-state index contributed by atoms with van der Waals surface area (Å²) in [6, 6.07) is 9.12. The second-order valence-electron chi connectivity index (χ2n) is 9.95. The largest absolute Gasteiger partial charge is 0.443 e. The molecule has 0 spiro atoms. The summed E-state index contributed by atoms with van der Waals surface area (Å²) < 4.78 is 11.0. The molecule has 1 aromatic rings. The van der Waals surface area contributed by atoms with Crippen LogP contribution in [0.4, 0.5) is 14.4 Å². The molecule has 0 N–H and O–H groups in total. The molecule has 1 aliphatic heterocycles. The van der Waals surface area contributed by atoms with Crippen molar-refractivity contribution in [1.82, 2.24) is 19.6 Å². The Kier molecular flexibility index (Phi) is 7.94. The van der Waals surface area contributed by atoms with Gasteiger partial charge in [-0.1, -0.05) is 30.3 Å². The van der Waals surface area contributed by atoms with E-state index >= 15 is 0 Å². The second-order valence-corrected chi connectivity index (χ2v) is 9.95. The van der Waals surface area contributed by atoms with Crippen molar-refractivity contribution in [3.63, 3.8) is 0 Å². The lowest BCUT2D eigenvalue weighted by Crippen LogP contribution is -2.60. The Morgan fingerprint density at radius 3 is 1.94 bits per heavy atom. The topological polar surface area (TPSA) is 95.0 Å². The summed E-state index contributed by atoms with van der Waals surface area (Å²) in [7, 11) is 3.26. The first kappa shape index (κ1) is 26.0. The summed E-state index contributed by atoms with van der Waals surface area (Å²) in [6.07, 6.45) is -1.52. The first-order chi connectivity index (χ1) is 15.2. The zero-order valence-corrected chi connectivity index (χ0v) is 20.8. The van der Waals surface area contributed by atoms with Crippen LogP contribution in [0.1, 0.15) is 47.1 Å². The third-order valence-corrected chi connectivity index (χ3v) is 4.33. The Bertz CT molecular complexity index is 875. The number of aliphatic imine (C=N–C) groups is 1. The Hall–Kier alpha value is -3.30. The van der Waals surface area contributed by atoms with Crippen LogP contribution in [0.3, 0.4) is 0 Å². The normalized spacial score (nSPS) is 15.5. The molecule has 1 aliphatic rings. The van der Waals surface area contributed by atoms with Crippen molar-refractivity contribution in [2.24, 2.45) is 4.99 Å². The van der Waals surface area contributed by atoms with E-state index < -0.39 is 23.4 Å². The molecule has 0 bridgehead atoms. The van der Waals surface area contributed by atoms with Gasteiger partial charge in [0, 0.05) is 14.1 Å². The smallest absolute Gasteiger partial charge is 0.437 e. The van der Waals surface area contributed by atoms with Crippen molar-refractivity contribution in [3.8, 4) is 0 Å². The third-order valence-electron chi connectivity index (χ3n) is 4.33. The predicted molar refractivity (Wildman–Crippen MR) is 124 cm³/mol. The third kappa shape index (κ3) is 7.96. The van der Waals surface area contributed by atoms with E-state index in [-0.39, 0.29) is 31.9 Å². The lowest BCUT2D eigenvalue weighted by molar-refractivity contribution is 0.0300. The van der Waals surface area contributed by atoms with Crippen molar-refractivity contribution >= 4 is 24.2 Å². The zero-order chi connectivity index (χ0) is 25.0. The molecule has 0 radical (unpaired) electrons. The van der Waals surface area contributed by atoms with Gasteiger partial charge >= 0.3 is 18.2 Å². The number of carbonyl (C=O) groups is 3. The number of benzene rings is 1. The monoisotopic (exact) mass is 461 g/mol. The molecule has 10 nitrogen and oxygen atoms in total. The van der Waals surface area contributed by atoms with Gasteiger partial charge in [0.05, 0.1) is 19.9 Å². The van der Waals surface area contributed by atoms with Crippen LogP contribution in [0.2, 0.25) is 0 Å². The van der Waals surface area contributed by atoms with E-state index in [1.807, 2.05) is 30.3 Å². The number of urea groups is 1. The summed E-state index contributed by atoms with van der Waals surface area (Å²) in [4.78, 5) is 48.3. The number of ether oxygens (including phenoxy) is 2. The van der Waals surface area contributed by atoms with Crippen LogP contribution in [-0.4, -0.2) is 82.4 Å². The first-order valence-corrected chi connectivity index (χ1v) is 10.7. The van der Waals surface area contributed by atoms with Gasteiger partial charge in [-0.3, -0.25) is 0 Å². The summed E-state index contributed by atoms with van der Waals surface area (Å²) in [5.41, 5.74) is -0.725. The van der Waals surface area contributed by atoms with E-state index in [4.69, 9.17) is 9.47 Å². The maximum Gasteiger partial charge on any atom is 0.437 e. The second kappa shape index (κ2) is 10.1. The number of nitrogens with zero attached hydrogens (tertiary/aromatic N) is 5. The summed E-state index contributed by atoms with van der Waals surface area (Å²) >= 11 is 0.